The van der Waals surface area contributed by atoms with Gasteiger partial charge in [0.25, 0.3) is 5.56 Å². The highest BCUT2D eigenvalue weighted by Gasteiger charge is 2.14. The van der Waals surface area contributed by atoms with Crippen molar-refractivity contribution in [2.75, 3.05) is 0 Å². The van der Waals surface area contributed by atoms with Crippen molar-refractivity contribution in [3.8, 4) is 0 Å². The van der Waals surface area contributed by atoms with Gasteiger partial charge in [-0.25, -0.2) is 4.98 Å². The predicted octanol–water partition coefficient (Wildman–Crippen LogP) is 4.05. The van der Waals surface area contributed by atoms with Crippen molar-refractivity contribution < 1.29 is 0 Å². The second-order valence-corrected chi connectivity index (χ2v) is 6.44. The van der Waals surface area contributed by atoms with Gasteiger partial charge in [0.2, 0.25) is 5.65 Å². The fraction of sp³-hybridized carbons (Fsp3) is 0.0909. The first-order valence-corrected chi connectivity index (χ1v) is 8.75. The van der Waals surface area contributed by atoms with Crippen LogP contribution in [-0.4, -0.2) is 14.0 Å². The summed E-state index contributed by atoms with van der Waals surface area (Å²) in [4.78, 5) is 17.8. The molecule has 0 N–H and O–H groups in total. The zero-order valence-electron chi connectivity index (χ0n) is 14.2. The largest absolute Gasteiger partial charge is 0.303 e. The number of aryl methyl sites for hydroxylation is 2. The molecule has 26 heavy (non-hydrogen) atoms. The lowest BCUT2D eigenvalue weighted by molar-refractivity contribution is 0.694. The monoisotopic (exact) mass is 339 g/mol. The van der Waals surface area contributed by atoms with Crippen molar-refractivity contribution in [3.63, 3.8) is 0 Å². The molecule has 2 heterocycles. The molecule has 0 fully saturated rings. The zero-order chi connectivity index (χ0) is 17.5. The van der Waals surface area contributed by atoms with Crippen LogP contribution in [0.5, 0.6) is 0 Å². The molecular formula is C22H17N3O. The molecule has 0 aliphatic carbocycles. The maximum Gasteiger partial charge on any atom is 0.294 e. The molecule has 2 aromatic heterocycles. The maximum atomic E-state index is 13.2. The first-order chi connectivity index (χ1) is 12.8. The summed E-state index contributed by atoms with van der Waals surface area (Å²) in [5.74, 6) is 0. The summed E-state index contributed by atoms with van der Waals surface area (Å²) in [6.07, 6.45) is 0.807. The SMILES string of the molecule is O=c1c2nc3ccccc3n2c2ccccc2n1CCc1ccccc1. The second kappa shape index (κ2) is 5.85. The Bertz CT molecular complexity index is 1300. The lowest BCUT2D eigenvalue weighted by Gasteiger charge is -2.12. The standard InChI is InChI=1S/C22H17N3O/c26-22-21-23-17-10-4-5-11-18(17)25(21)20-13-7-6-12-19(20)24(22)15-14-16-8-2-1-3-9-16/h1-13H,14-15H2. The summed E-state index contributed by atoms with van der Waals surface area (Å²) in [6, 6.07) is 26.2. The van der Waals surface area contributed by atoms with Gasteiger partial charge in [-0.15, -0.1) is 0 Å². The van der Waals surface area contributed by atoms with E-state index in [4.69, 9.17) is 0 Å². The first-order valence-electron chi connectivity index (χ1n) is 8.75. The second-order valence-electron chi connectivity index (χ2n) is 6.44. The molecule has 0 unspecified atom stereocenters. The lowest BCUT2D eigenvalue weighted by Crippen LogP contribution is -2.24. The van der Waals surface area contributed by atoms with Crippen LogP contribution in [0.4, 0.5) is 0 Å². The zero-order valence-corrected chi connectivity index (χ0v) is 14.2. The van der Waals surface area contributed by atoms with Gasteiger partial charge in [-0.2, -0.15) is 0 Å². The van der Waals surface area contributed by atoms with E-state index in [2.05, 4.69) is 23.2 Å². The summed E-state index contributed by atoms with van der Waals surface area (Å²) in [5.41, 5.74) is 5.40. The van der Waals surface area contributed by atoms with E-state index in [9.17, 15) is 4.79 Å². The van der Waals surface area contributed by atoms with Gasteiger partial charge < -0.3 is 4.57 Å². The number of para-hydroxylation sites is 4. The molecule has 5 rings (SSSR count). The molecule has 0 spiro atoms. The smallest absolute Gasteiger partial charge is 0.294 e. The number of benzene rings is 3. The van der Waals surface area contributed by atoms with Gasteiger partial charge >= 0.3 is 0 Å². The van der Waals surface area contributed by atoms with E-state index in [-0.39, 0.29) is 5.56 Å². The average Bonchev–Trinajstić information content (AvgIpc) is 3.09. The van der Waals surface area contributed by atoms with E-state index >= 15 is 0 Å². The Balaban J connectivity index is 1.78. The van der Waals surface area contributed by atoms with Crippen LogP contribution in [0.3, 0.4) is 0 Å². The predicted molar refractivity (Wildman–Crippen MR) is 105 cm³/mol. The highest BCUT2D eigenvalue weighted by Crippen LogP contribution is 2.21. The number of imidazole rings is 1. The van der Waals surface area contributed by atoms with Gasteiger partial charge in [0.15, 0.2) is 0 Å². The molecule has 5 aromatic rings. The Morgan fingerprint density at radius 3 is 2.19 bits per heavy atom. The van der Waals surface area contributed by atoms with Crippen molar-refractivity contribution in [1.29, 1.82) is 0 Å². The van der Waals surface area contributed by atoms with Crippen molar-refractivity contribution in [2.45, 2.75) is 13.0 Å². The molecule has 126 valence electrons. The van der Waals surface area contributed by atoms with Gasteiger partial charge in [-0.05, 0) is 36.2 Å². The number of fused-ring (bicyclic) bond motifs is 5. The molecule has 3 aromatic carbocycles. The molecule has 0 aliphatic heterocycles. The number of aromatic nitrogens is 3. The average molecular weight is 339 g/mol. The van der Waals surface area contributed by atoms with Crippen LogP contribution in [0.1, 0.15) is 5.56 Å². The van der Waals surface area contributed by atoms with Gasteiger partial charge in [-0.1, -0.05) is 54.6 Å². The molecule has 0 radical (unpaired) electrons. The van der Waals surface area contributed by atoms with Crippen molar-refractivity contribution in [1.82, 2.24) is 14.0 Å². The fourth-order valence-electron chi connectivity index (χ4n) is 3.63. The maximum absolute atomic E-state index is 13.2. The Kier molecular flexibility index (Phi) is 3.35. The minimum absolute atomic E-state index is 0.0455. The third kappa shape index (κ3) is 2.23. The molecule has 4 nitrogen and oxygen atoms in total. The molecule has 0 atom stereocenters. The van der Waals surface area contributed by atoms with Crippen molar-refractivity contribution in [2.24, 2.45) is 0 Å². The van der Waals surface area contributed by atoms with Gasteiger partial charge in [0, 0.05) is 6.54 Å². The summed E-state index contributed by atoms with van der Waals surface area (Å²) in [6.45, 7) is 0.628. The minimum atomic E-state index is -0.0455. The van der Waals surface area contributed by atoms with E-state index in [0.29, 0.717) is 12.2 Å². The van der Waals surface area contributed by atoms with E-state index in [1.165, 1.54) is 5.56 Å². The van der Waals surface area contributed by atoms with E-state index in [1.54, 1.807) is 0 Å². The summed E-state index contributed by atoms with van der Waals surface area (Å²) in [5, 5.41) is 0. The van der Waals surface area contributed by atoms with Crippen LogP contribution in [0.2, 0.25) is 0 Å². The number of hydrogen-bond donors (Lipinski definition) is 0. The number of nitrogens with zero attached hydrogens (tertiary/aromatic N) is 3. The van der Waals surface area contributed by atoms with Crippen LogP contribution in [0.15, 0.2) is 83.7 Å². The fourth-order valence-corrected chi connectivity index (χ4v) is 3.63. The summed E-state index contributed by atoms with van der Waals surface area (Å²) >= 11 is 0. The summed E-state index contributed by atoms with van der Waals surface area (Å²) in [7, 11) is 0. The van der Waals surface area contributed by atoms with Gasteiger partial charge in [-0.3, -0.25) is 9.20 Å². The topological polar surface area (TPSA) is 39.3 Å². The van der Waals surface area contributed by atoms with Gasteiger partial charge in [0.1, 0.15) is 0 Å². The Morgan fingerprint density at radius 1 is 0.731 bits per heavy atom. The molecule has 0 saturated carbocycles. The van der Waals surface area contributed by atoms with Crippen molar-refractivity contribution >= 4 is 27.7 Å². The molecule has 0 aliphatic rings. The third-order valence-electron chi connectivity index (χ3n) is 4.88. The molecule has 4 heteroatoms. The lowest BCUT2D eigenvalue weighted by atomic mass is 10.1. The molecule has 0 saturated heterocycles. The Labute approximate surface area is 150 Å². The van der Waals surface area contributed by atoms with Crippen LogP contribution < -0.4 is 5.56 Å². The molecule has 0 amide bonds. The Morgan fingerprint density at radius 2 is 1.38 bits per heavy atom. The van der Waals surface area contributed by atoms with Gasteiger partial charge in [0.05, 0.1) is 22.1 Å². The quantitative estimate of drug-likeness (QED) is 0.497. The highest BCUT2D eigenvalue weighted by atomic mass is 16.1. The summed E-state index contributed by atoms with van der Waals surface area (Å²) < 4.78 is 3.83. The van der Waals surface area contributed by atoms with E-state index in [1.807, 2.05) is 69.6 Å². The third-order valence-corrected chi connectivity index (χ3v) is 4.88. The van der Waals surface area contributed by atoms with Crippen LogP contribution >= 0.6 is 0 Å². The molecule has 0 bridgehead atoms. The highest BCUT2D eigenvalue weighted by molar-refractivity contribution is 5.88. The van der Waals surface area contributed by atoms with Crippen molar-refractivity contribution in [3.05, 3.63) is 94.8 Å². The van der Waals surface area contributed by atoms with E-state index < -0.39 is 0 Å². The minimum Gasteiger partial charge on any atom is -0.303 e. The number of rotatable bonds is 3. The Hall–Kier alpha value is -3.40. The normalized spacial score (nSPS) is 11.5. The first kappa shape index (κ1) is 14.9. The van der Waals surface area contributed by atoms with Crippen LogP contribution in [0, 0.1) is 0 Å². The molecular weight excluding hydrogens is 322 g/mol. The number of hydrogen-bond acceptors (Lipinski definition) is 2. The van der Waals surface area contributed by atoms with Crippen LogP contribution in [-0.2, 0) is 13.0 Å². The van der Waals surface area contributed by atoms with Crippen LogP contribution in [0.25, 0.3) is 27.7 Å². The van der Waals surface area contributed by atoms with E-state index in [0.717, 1.165) is 28.5 Å².